The largest absolute Gasteiger partial charge is 0.496 e. The fraction of sp³-hybridized carbons (Fsp3) is 0.420. The number of amides is 1. The first kappa shape index (κ1) is 48.2. The van der Waals surface area contributed by atoms with Gasteiger partial charge in [0, 0.05) is 35.8 Å². The number of hydrogen-bond acceptors (Lipinski definition) is 12. The molecule has 0 spiro atoms. The van der Waals surface area contributed by atoms with Gasteiger partial charge in [-0.3, -0.25) is 4.18 Å². The predicted molar refractivity (Wildman–Crippen MR) is 243 cm³/mol. The van der Waals surface area contributed by atoms with Crippen LogP contribution in [0.5, 0.6) is 17.2 Å². The molecule has 1 saturated heterocycles. The van der Waals surface area contributed by atoms with E-state index in [9.17, 15) is 18.3 Å². The first-order valence-corrected chi connectivity index (χ1v) is 22.9. The minimum atomic E-state index is -4.09. The minimum Gasteiger partial charge on any atom is -0.496 e. The SMILES string of the molecule is COc1ccccc1COCCCOc1ccc([C@H]2[C@H](COC[C@H](O)COS(=O)(=O)c3ccc(C)cc3)CN(C(=O)OC(C)(C)C)C[C@@H]2OCc2cc(OC)c3ccccc3c2)cc1. The Morgan fingerprint density at radius 1 is 0.812 bits per heavy atom. The van der Waals surface area contributed by atoms with Crippen LogP contribution in [-0.2, 0) is 46.5 Å². The van der Waals surface area contributed by atoms with Crippen molar-refractivity contribution in [3.05, 3.63) is 131 Å². The number of aliphatic hydroxyl groups excluding tert-OH is 1. The lowest BCUT2D eigenvalue weighted by Gasteiger charge is -2.44. The number of methoxy groups -OCH3 is 2. The van der Waals surface area contributed by atoms with E-state index in [-0.39, 0.29) is 49.6 Å². The molecular weight excluding hydrogens is 839 g/mol. The molecule has 0 unspecified atom stereocenters. The summed E-state index contributed by atoms with van der Waals surface area (Å²) < 4.78 is 72.7. The van der Waals surface area contributed by atoms with E-state index in [0.29, 0.717) is 32.0 Å². The van der Waals surface area contributed by atoms with Crippen LogP contribution in [0, 0.1) is 12.8 Å². The van der Waals surface area contributed by atoms with Gasteiger partial charge >= 0.3 is 6.09 Å². The van der Waals surface area contributed by atoms with Crippen LogP contribution in [0.4, 0.5) is 4.79 Å². The molecule has 0 radical (unpaired) electrons. The van der Waals surface area contributed by atoms with E-state index in [1.165, 1.54) is 12.1 Å². The molecule has 5 aromatic carbocycles. The van der Waals surface area contributed by atoms with Crippen LogP contribution in [0.25, 0.3) is 10.8 Å². The van der Waals surface area contributed by atoms with Crippen molar-refractivity contribution in [1.29, 1.82) is 0 Å². The Morgan fingerprint density at radius 3 is 2.27 bits per heavy atom. The number of carbonyl (C=O) groups excluding carboxylic acids is 1. The molecule has 1 N–H and O–H groups in total. The van der Waals surface area contributed by atoms with Gasteiger partial charge < -0.3 is 43.2 Å². The summed E-state index contributed by atoms with van der Waals surface area (Å²) >= 11 is 0. The second-order valence-electron chi connectivity index (χ2n) is 16.9. The van der Waals surface area contributed by atoms with Gasteiger partial charge in [0.25, 0.3) is 10.1 Å². The van der Waals surface area contributed by atoms with Crippen LogP contribution < -0.4 is 14.2 Å². The predicted octanol–water partition coefficient (Wildman–Crippen LogP) is 8.47. The number of rotatable bonds is 21. The zero-order chi connectivity index (χ0) is 45.7. The van der Waals surface area contributed by atoms with Gasteiger partial charge in [-0.15, -0.1) is 0 Å². The van der Waals surface area contributed by atoms with Crippen LogP contribution in [0.1, 0.15) is 55.4 Å². The summed E-state index contributed by atoms with van der Waals surface area (Å²) in [6, 6.07) is 33.9. The molecule has 0 bridgehead atoms. The lowest BCUT2D eigenvalue weighted by atomic mass is 9.78. The Labute approximate surface area is 377 Å². The van der Waals surface area contributed by atoms with Gasteiger partial charge in [0.15, 0.2) is 0 Å². The average molecular weight is 900 g/mol. The summed E-state index contributed by atoms with van der Waals surface area (Å²) in [6.45, 7) is 8.85. The first-order chi connectivity index (χ1) is 30.7. The molecule has 6 rings (SSSR count). The van der Waals surface area contributed by atoms with Gasteiger partial charge in [0.05, 0.1) is 78.0 Å². The molecule has 344 valence electrons. The normalized spacial score (nSPS) is 17.2. The second-order valence-corrected chi connectivity index (χ2v) is 18.5. The molecule has 1 heterocycles. The number of nitrogens with zero attached hydrogens (tertiary/aromatic N) is 1. The number of hydrogen-bond donors (Lipinski definition) is 1. The Kier molecular flexibility index (Phi) is 17.0. The van der Waals surface area contributed by atoms with Gasteiger partial charge in [0.2, 0.25) is 0 Å². The van der Waals surface area contributed by atoms with Gasteiger partial charge in [0.1, 0.15) is 29.0 Å². The Morgan fingerprint density at radius 2 is 1.53 bits per heavy atom. The fourth-order valence-corrected chi connectivity index (χ4v) is 8.60. The van der Waals surface area contributed by atoms with E-state index in [0.717, 1.165) is 44.5 Å². The summed E-state index contributed by atoms with van der Waals surface area (Å²) in [6.07, 6.45) is -1.57. The number of aryl methyl sites for hydroxylation is 1. The maximum Gasteiger partial charge on any atom is 0.410 e. The third kappa shape index (κ3) is 13.6. The van der Waals surface area contributed by atoms with Crippen molar-refractivity contribution in [1.82, 2.24) is 4.90 Å². The van der Waals surface area contributed by atoms with Crippen LogP contribution >= 0.6 is 0 Å². The molecule has 4 atom stereocenters. The van der Waals surface area contributed by atoms with Crippen LogP contribution in [-0.4, -0.2) is 103 Å². The van der Waals surface area contributed by atoms with Gasteiger partial charge in [-0.05, 0) is 86.7 Å². The zero-order valence-electron chi connectivity index (χ0n) is 37.6. The minimum absolute atomic E-state index is 0.00248. The first-order valence-electron chi connectivity index (χ1n) is 21.5. The smallest absolute Gasteiger partial charge is 0.410 e. The highest BCUT2D eigenvalue weighted by Gasteiger charge is 2.42. The lowest BCUT2D eigenvalue weighted by Crippen LogP contribution is -2.53. The summed E-state index contributed by atoms with van der Waals surface area (Å²) in [5.74, 6) is 1.59. The van der Waals surface area contributed by atoms with Crippen LogP contribution in [0.3, 0.4) is 0 Å². The highest BCUT2D eigenvalue weighted by Crippen LogP contribution is 2.38. The third-order valence-electron chi connectivity index (χ3n) is 10.8. The standard InChI is InChI=1S/C50H61NO12S/c1-35-16-22-43(23-17-35)64(54,55)62-34-41(52)33-59-32-40-28-51(49(53)63-50(2,3)4)29-47(61-30-36-26-38-12-7-9-14-44(38)46(27-36)57-6)48(40)37-18-20-42(21-19-37)60-25-11-24-58-31-39-13-8-10-15-45(39)56-5/h7-10,12-23,26-27,40-41,47-48,52H,11,24-25,28-34H2,1-6H3/t40-,41-,47-,48-/m0/s1. The van der Waals surface area contributed by atoms with E-state index in [2.05, 4.69) is 6.07 Å². The molecule has 0 aromatic heterocycles. The van der Waals surface area contributed by atoms with Crippen LogP contribution in [0.2, 0.25) is 0 Å². The monoisotopic (exact) mass is 899 g/mol. The molecule has 5 aromatic rings. The zero-order valence-corrected chi connectivity index (χ0v) is 38.4. The van der Waals surface area contributed by atoms with Crippen molar-refractivity contribution < 1.29 is 55.7 Å². The van der Waals surface area contributed by atoms with Crippen molar-refractivity contribution in [3.63, 3.8) is 0 Å². The molecule has 1 aliphatic heterocycles. The molecule has 0 saturated carbocycles. The van der Waals surface area contributed by atoms with Crippen molar-refractivity contribution >= 4 is 27.0 Å². The summed E-state index contributed by atoms with van der Waals surface area (Å²) in [5.41, 5.74) is 2.99. The maximum absolute atomic E-state index is 13.7. The number of ether oxygens (including phenoxy) is 7. The molecule has 13 nitrogen and oxygen atoms in total. The van der Waals surface area contributed by atoms with E-state index < -0.39 is 40.6 Å². The molecular formula is C50H61NO12S. The van der Waals surface area contributed by atoms with Gasteiger partial charge in [-0.1, -0.05) is 72.3 Å². The highest BCUT2D eigenvalue weighted by molar-refractivity contribution is 7.86. The number of fused-ring (bicyclic) bond motifs is 1. The number of piperidine rings is 1. The van der Waals surface area contributed by atoms with Gasteiger partial charge in [-0.2, -0.15) is 8.42 Å². The number of likely N-dealkylation sites (tertiary alicyclic amines) is 1. The Balaban J connectivity index is 1.18. The van der Waals surface area contributed by atoms with Crippen LogP contribution in [0.15, 0.2) is 114 Å². The highest BCUT2D eigenvalue weighted by atomic mass is 32.2. The molecule has 1 fully saturated rings. The summed E-state index contributed by atoms with van der Waals surface area (Å²) in [4.78, 5) is 15.3. The van der Waals surface area contributed by atoms with E-state index in [4.69, 9.17) is 37.3 Å². The van der Waals surface area contributed by atoms with E-state index in [1.807, 2.05) is 107 Å². The summed E-state index contributed by atoms with van der Waals surface area (Å²) in [5, 5.41) is 12.8. The topological polar surface area (TPSA) is 149 Å². The average Bonchev–Trinajstić information content (AvgIpc) is 3.28. The van der Waals surface area contributed by atoms with Crippen molar-refractivity contribution in [2.24, 2.45) is 5.92 Å². The molecule has 0 aliphatic carbocycles. The third-order valence-corrected chi connectivity index (χ3v) is 12.1. The van der Waals surface area contributed by atoms with Gasteiger partial charge in [-0.25, -0.2) is 4.79 Å². The number of aliphatic hydroxyl groups is 1. The van der Waals surface area contributed by atoms with Crippen molar-refractivity contribution in [3.8, 4) is 17.2 Å². The molecule has 64 heavy (non-hydrogen) atoms. The number of carbonyl (C=O) groups is 1. The molecule has 1 amide bonds. The lowest BCUT2D eigenvalue weighted by molar-refractivity contribution is -0.0729. The van der Waals surface area contributed by atoms with E-state index >= 15 is 0 Å². The maximum atomic E-state index is 13.7. The molecule has 14 heteroatoms. The van der Waals surface area contributed by atoms with Crippen molar-refractivity contribution in [2.45, 2.75) is 76.0 Å². The fourth-order valence-electron chi connectivity index (χ4n) is 7.66. The second kappa shape index (κ2) is 22.6. The van der Waals surface area contributed by atoms with Crippen molar-refractivity contribution in [2.75, 3.05) is 60.3 Å². The van der Waals surface area contributed by atoms with E-state index in [1.54, 1.807) is 31.3 Å². The Hall–Kier alpha value is -5.22. The summed E-state index contributed by atoms with van der Waals surface area (Å²) in [7, 11) is -0.807. The quantitative estimate of drug-likeness (QED) is 0.0557. The number of benzene rings is 5. The number of para-hydroxylation sites is 1. The molecule has 1 aliphatic rings. The Bertz CT molecular complexity index is 2370.